The van der Waals surface area contributed by atoms with E-state index in [1.54, 1.807) is 0 Å². The molecule has 1 nitrogen and oxygen atoms in total. The van der Waals surface area contributed by atoms with Crippen LogP contribution in [0.15, 0.2) is 12.2 Å². The van der Waals surface area contributed by atoms with Crippen molar-refractivity contribution in [2.24, 2.45) is 11.8 Å². The Kier molecular flexibility index (Phi) is 1.80. The average molecular weight is 150 g/mol. The molecule has 60 valence electrons. The van der Waals surface area contributed by atoms with Gasteiger partial charge >= 0.3 is 0 Å². The monoisotopic (exact) mass is 150 g/mol. The molecule has 0 bridgehead atoms. The molecule has 2 aliphatic carbocycles. The smallest absolute Gasteiger partial charge is 0.133 e. The van der Waals surface area contributed by atoms with Crippen molar-refractivity contribution in [3.63, 3.8) is 0 Å². The largest absolute Gasteiger partial charge is 0.300 e. The predicted octanol–water partition coefficient (Wildman–Crippen LogP) is 2.32. The summed E-state index contributed by atoms with van der Waals surface area (Å²) in [4.78, 5) is 11.2. The van der Waals surface area contributed by atoms with Crippen molar-refractivity contribution < 1.29 is 4.79 Å². The molecular formula is C10H14O. The Morgan fingerprint density at radius 3 is 3.27 bits per heavy atom. The van der Waals surface area contributed by atoms with Crippen molar-refractivity contribution in [2.45, 2.75) is 32.1 Å². The number of Topliss-reactive ketones (excluding diaryl/α,β-unsaturated/α-hetero) is 1. The first-order chi connectivity index (χ1) is 5.36. The fourth-order valence-electron chi connectivity index (χ4n) is 2.26. The average Bonchev–Trinajstić information content (AvgIpc) is 2.31. The lowest BCUT2D eigenvalue weighted by Gasteiger charge is -2.13. The lowest BCUT2D eigenvalue weighted by Crippen LogP contribution is -2.08. The molecule has 0 aromatic carbocycles. The molecule has 0 saturated heterocycles. The van der Waals surface area contributed by atoms with E-state index in [2.05, 4.69) is 12.2 Å². The highest BCUT2D eigenvalue weighted by atomic mass is 16.1. The Hall–Kier alpha value is -0.590. The third-order valence-corrected chi connectivity index (χ3v) is 2.91. The number of allylic oxidation sites excluding steroid dienone is 2. The zero-order chi connectivity index (χ0) is 7.68. The number of hydrogen-bond donors (Lipinski definition) is 0. The Bertz CT molecular complexity index is 193. The normalized spacial score (nSPS) is 36.9. The van der Waals surface area contributed by atoms with Gasteiger partial charge in [0.05, 0.1) is 0 Å². The van der Waals surface area contributed by atoms with Gasteiger partial charge in [-0.25, -0.2) is 0 Å². The molecule has 0 heterocycles. The van der Waals surface area contributed by atoms with Gasteiger partial charge in [-0.1, -0.05) is 12.2 Å². The number of ketones is 1. The molecule has 1 heteroatoms. The van der Waals surface area contributed by atoms with E-state index in [1.807, 2.05) is 0 Å². The van der Waals surface area contributed by atoms with E-state index in [1.165, 1.54) is 6.42 Å². The highest BCUT2D eigenvalue weighted by molar-refractivity contribution is 5.79. The zero-order valence-corrected chi connectivity index (χ0v) is 6.75. The van der Waals surface area contributed by atoms with Gasteiger partial charge in [-0.2, -0.15) is 0 Å². The summed E-state index contributed by atoms with van der Waals surface area (Å²) in [5.74, 6) is 1.90. The standard InChI is InChI=1S/C10H14O/c11-10-6-2-4-8-3-1-5-9(8)7-10/h1,3,8-9H,2,4-7H2/t8-,9+/m0/s1. The summed E-state index contributed by atoms with van der Waals surface area (Å²) < 4.78 is 0. The van der Waals surface area contributed by atoms with E-state index in [0.29, 0.717) is 11.7 Å². The van der Waals surface area contributed by atoms with E-state index in [0.717, 1.165) is 31.6 Å². The molecule has 0 aromatic heterocycles. The van der Waals surface area contributed by atoms with Gasteiger partial charge in [-0.05, 0) is 31.1 Å². The molecule has 0 aliphatic heterocycles. The third-order valence-electron chi connectivity index (χ3n) is 2.91. The summed E-state index contributed by atoms with van der Waals surface area (Å²) in [5.41, 5.74) is 0. The highest BCUT2D eigenvalue weighted by Gasteiger charge is 2.27. The summed E-state index contributed by atoms with van der Waals surface area (Å²) in [7, 11) is 0. The Labute approximate surface area is 67.5 Å². The maximum Gasteiger partial charge on any atom is 0.133 e. The minimum Gasteiger partial charge on any atom is -0.300 e. The van der Waals surface area contributed by atoms with Crippen molar-refractivity contribution in [2.75, 3.05) is 0 Å². The second-order valence-electron chi connectivity index (χ2n) is 3.72. The lowest BCUT2D eigenvalue weighted by atomic mass is 9.91. The van der Waals surface area contributed by atoms with Crippen LogP contribution in [0.2, 0.25) is 0 Å². The first-order valence-corrected chi connectivity index (χ1v) is 4.54. The van der Waals surface area contributed by atoms with Crippen molar-refractivity contribution in [1.82, 2.24) is 0 Å². The Morgan fingerprint density at radius 1 is 1.45 bits per heavy atom. The van der Waals surface area contributed by atoms with Crippen LogP contribution >= 0.6 is 0 Å². The van der Waals surface area contributed by atoms with Crippen molar-refractivity contribution >= 4 is 5.78 Å². The summed E-state index contributed by atoms with van der Waals surface area (Å²) in [5, 5.41) is 0. The van der Waals surface area contributed by atoms with Gasteiger partial charge in [-0.15, -0.1) is 0 Å². The van der Waals surface area contributed by atoms with E-state index in [4.69, 9.17) is 0 Å². The van der Waals surface area contributed by atoms with Gasteiger partial charge in [0.1, 0.15) is 5.78 Å². The third kappa shape index (κ3) is 1.37. The number of carbonyl (C=O) groups excluding carboxylic acids is 1. The van der Waals surface area contributed by atoms with E-state index >= 15 is 0 Å². The molecule has 1 fully saturated rings. The molecule has 0 amide bonds. The van der Waals surface area contributed by atoms with Gasteiger partial charge in [0, 0.05) is 12.8 Å². The fourth-order valence-corrected chi connectivity index (χ4v) is 2.26. The molecule has 2 rings (SSSR count). The minimum atomic E-state index is 0.487. The minimum absolute atomic E-state index is 0.487. The van der Waals surface area contributed by atoms with E-state index in [-0.39, 0.29) is 0 Å². The number of rotatable bonds is 0. The zero-order valence-electron chi connectivity index (χ0n) is 6.75. The maximum absolute atomic E-state index is 11.2. The molecule has 0 N–H and O–H groups in total. The number of fused-ring (bicyclic) bond motifs is 1. The second kappa shape index (κ2) is 2.80. The summed E-state index contributed by atoms with van der Waals surface area (Å²) in [6, 6.07) is 0. The van der Waals surface area contributed by atoms with Gasteiger partial charge in [-0.3, -0.25) is 4.79 Å². The molecule has 0 aromatic rings. The molecule has 0 unspecified atom stereocenters. The second-order valence-corrected chi connectivity index (χ2v) is 3.72. The first kappa shape index (κ1) is 7.08. The van der Waals surface area contributed by atoms with Crippen molar-refractivity contribution in [3.8, 4) is 0 Å². The molecule has 2 atom stereocenters. The van der Waals surface area contributed by atoms with Crippen LogP contribution < -0.4 is 0 Å². The van der Waals surface area contributed by atoms with Crippen LogP contribution in [0, 0.1) is 11.8 Å². The van der Waals surface area contributed by atoms with Crippen LogP contribution in [-0.2, 0) is 4.79 Å². The number of carbonyl (C=O) groups is 1. The fraction of sp³-hybridized carbons (Fsp3) is 0.700. The van der Waals surface area contributed by atoms with Crippen LogP contribution in [0.3, 0.4) is 0 Å². The summed E-state index contributed by atoms with van der Waals surface area (Å²) in [6.45, 7) is 0. The molecule has 2 aliphatic rings. The van der Waals surface area contributed by atoms with Crippen LogP contribution in [-0.4, -0.2) is 5.78 Å². The molecule has 0 spiro atoms. The van der Waals surface area contributed by atoms with E-state index < -0.39 is 0 Å². The Morgan fingerprint density at radius 2 is 2.36 bits per heavy atom. The SMILES string of the molecule is O=C1CCC[C@@H]2C=CC[C@@H]2C1. The quantitative estimate of drug-likeness (QED) is 0.484. The summed E-state index contributed by atoms with van der Waals surface area (Å²) in [6.07, 6.45) is 9.74. The van der Waals surface area contributed by atoms with Crippen LogP contribution in [0.1, 0.15) is 32.1 Å². The van der Waals surface area contributed by atoms with Crippen molar-refractivity contribution in [1.29, 1.82) is 0 Å². The van der Waals surface area contributed by atoms with Gasteiger partial charge in [0.15, 0.2) is 0 Å². The van der Waals surface area contributed by atoms with Crippen molar-refractivity contribution in [3.05, 3.63) is 12.2 Å². The van der Waals surface area contributed by atoms with Gasteiger partial charge in [0.2, 0.25) is 0 Å². The Balaban J connectivity index is 2.07. The van der Waals surface area contributed by atoms with Gasteiger partial charge < -0.3 is 0 Å². The highest BCUT2D eigenvalue weighted by Crippen LogP contribution is 2.34. The number of hydrogen-bond acceptors (Lipinski definition) is 1. The van der Waals surface area contributed by atoms with Gasteiger partial charge in [0.25, 0.3) is 0 Å². The van der Waals surface area contributed by atoms with Crippen LogP contribution in [0.4, 0.5) is 0 Å². The van der Waals surface area contributed by atoms with Crippen LogP contribution in [0.5, 0.6) is 0 Å². The molecule has 11 heavy (non-hydrogen) atoms. The molecular weight excluding hydrogens is 136 g/mol. The maximum atomic E-state index is 11.2. The first-order valence-electron chi connectivity index (χ1n) is 4.54. The van der Waals surface area contributed by atoms with E-state index in [9.17, 15) is 4.79 Å². The molecule has 0 radical (unpaired) electrons. The lowest BCUT2D eigenvalue weighted by molar-refractivity contribution is -0.119. The molecule has 1 saturated carbocycles. The van der Waals surface area contributed by atoms with Crippen LogP contribution in [0.25, 0.3) is 0 Å². The topological polar surface area (TPSA) is 17.1 Å². The predicted molar refractivity (Wildman–Crippen MR) is 44.2 cm³/mol. The summed E-state index contributed by atoms with van der Waals surface area (Å²) >= 11 is 0.